The van der Waals surface area contributed by atoms with Gasteiger partial charge in [-0.25, -0.2) is 0 Å². The number of hydrogen-bond donors (Lipinski definition) is 6. The van der Waals surface area contributed by atoms with Crippen molar-refractivity contribution in [3.8, 4) is 0 Å². The number of aliphatic hydroxyl groups excluding tert-OH is 5. The van der Waals surface area contributed by atoms with Crippen LogP contribution in [0.15, 0.2) is 36.5 Å². The Kier molecular flexibility index (Phi) is 42.7. The van der Waals surface area contributed by atoms with Crippen LogP contribution in [-0.4, -0.2) is 87.5 Å². The molecule has 1 heterocycles. The molecule has 1 amide bonds. The normalized spacial score (nSPS) is 20.3. The Morgan fingerprint density at radius 3 is 1.44 bits per heavy atom. The molecule has 1 rings (SSSR count). The summed E-state index contributed by atoms with van der Waals surface area (Å²) in [5.41, 5.74) is 0. The van der Waals surface area contributed by atoms with E-state index in [1.807, 2.05) is 0 Å². The molecule has 0 radical (unpaired) electrons. The van der Waals surface area contributed by atoms with Crippen LogP contribution in [0.25, 0.3) is 0 Å². The maximum absolute atomic E-state index is 13.0. The first-order valence-electron chi connectivity index (χ1n) is 27.2. The van der Waals surface area contributed by atoms with Crippen molar-refractivity contribution >= 4 is 5.91 Å². The predicted octanol–water partition coefficient (Wildman–Crippen LogP) is 12.8. The third kappa shape index (κ3) is 34.7. The van der Waals surface area contributed by atoms with Crippen LogP contribution in [0.1, 0.15) is 251 Å². The molecule has 1 fully saturated rings. The third-order valence-electron chi connectivity index (χ3n) is 13.0. The summed E-state index contributed by atoms with van der Waals surface area (Å²) in [6.07, 6.45) is 50.3. The Morgan fingerprint density at radius 1 is 0.547 bits per heavy atom. The predicted molar refractivity (Wildman–Crippen MR) is 267 cm³/mol. The Hall–Kier alpha value is -1.59. The molecule has 1 aliphatic rings. The van der Waals surface area contributed by atoms with Gasteiger partial charge in [0.25, 0.3) is 0 Å². The Morgan fingerprint density at radius 2 is 0.969 bits per heavy atom. The fraction of sp³-hybridized carbons (Fsp3) is 0.873. The van der Waals surface area contributed by atoms with Crippen LogP contribution < -0.4 is 5.32 Å². The smallest absolute Gasteiger partial charge is 0.220 e. The highest BCUT2D eigenvalue weighted by Crippen LogP contribution is 2.23. The molecule has 0 aromatic rings. The van der Waals surface area contributed by atoms with Gasteiger partial charge in [0.05, 0.1) is 25.4 Å². The average Bonchev–Trinajstić information content (AvgIpc) is 3.29. The summed E-state index contributed by atoms with van der Waals surface area (Å²) in [4.78, 5) is 13.0. The first kappa shape index (κ1) is 60.4. The van der Waals surface area contributed by atoms with Crippen LogP contribution in [0, 0.1) is 0 Å². The summed E-state index contributed by atoms with van der Waals surface area (Å²) < 4.78 is 11.3. The number of unbranched alkanes of at least 4 members (excludes halogenated alkanes) is 30. The summed E-state index contributed by atoms with van der Waals surface area (Å²) in [6.45, 7) is 3.73. The zero-order chi connectivity index (χ0) is 46.6. The van der Waals surface area contributed by atoms with E-state index < -0.39 is 49.5 Å². The molecule has 0 aromatic heterocycles. The molecule has 0 spiro atoms. The lowest BCUT2D eigenvalue weighted by Crippen LogP contribution is -2.60. The van der Waals surface area contributed by atoms with Crippen LogP contribution in [0.4, 0.5) is 0 Å². The Balaban J connectivity index is 2.20. The molecule has 64 heavy (non-hydrogen) atoms. The molecular weight excluding hydrogens is 803 g/mol. The summed E-state index contributed by atoms with van der Waals surface area (Å²) >= 11 is 0. The maximum Gasteiger partial charge on any atom is 0.220 e. The Bertz CT molecular complexity index is 1100. The van der Waals surface area contributed by atoms with Crippen molar-refractivity contribution in [1.29, 1.82) is 0 Å². The van der Waals surface area contributed by atoms with Gasteiger partial charge < -0.3 is 40.3 Å². The largest absolute Gasteiger partial charge is 0.394 e. The highest BCUT2D eigenvalue weighted by molar-refractivity contribution is 5.76. The van der Waals surface area contributed by atoms with Crippen LogP contribution in [-0.2, 0) is 14.3 Å². The zero-order valence-electron chi connectivity index (χ0n) is 41.5. The van der Waals surface area contributed by atoms with Gasteiger partial charge in [-0.15, -0.1) is 0 Å². The molecule has 9 heteroatoms. The van der Waals surface area contributed by atoms with Crippen molar-refractivity contribution in [2.45, 2.75) is 294 Å². The van der Waals surface area contributed by atoms with E-state index in [1.54, 1.807) is 0 Å². The first-order chi connectivity index (χ1) is 31.3. The van der Waals surface area contributed by atoms with Crippen molar-refractivity contribution in [3.63, 3.8) is 0 Å². The SMILES string of the molecule is CC/C=C\C/C=C\C/C=C\CCCCCCCC(=O)NC(COC1OC(CO)C(O)C(O)C1O)C(O)CCCCCCCCCCCCCCCCCCCCCCCCCCCC. The zero-order valence-corrected chi connectivity index (χ0v) is 41.5. The molecule has 1 saturated heterocycles. The number of hydrogen-bond acceptors (Lipinski definition) is 8. The van der Waals surface area contributed by atoms with E-state index in [9.17, 15) is 30.3 Å². The maximum atomic E-state index is 13.0. The van der Waals surface area contributed by atoms with Crippen molar-refractivity contribution < 1.29 is 39.8 Å². The minimum absolute atomic E-state index is 0.145. The molecule has 0 bridgehead atoms. The van der Waals surface area contributed by atoms with Crippen molar-refractivity contribution in [2.75, 3.05) is 13.2 Å². The van der Waals surface area contributed by atoms with Gasteiger partial charge in [0, 0.05) is 6.42 Å². The lowest BCUT2D eigenvalue weighted by molar-refractivity contribution is -0.302. The number of allylic oxidation sites excluding steroid dienone is 6. The number of nitrogens with one attached hydrogen (secondary N) is 1. The van der Waals surface area contributed by atoms with Gasteiger partial charge in [-0.1, -0.05) is 237 Å². The van der Waals surface area contributed by atoms with E-state index in [1.165, 1.54) is 148 Å². The molecule has 7 unspecified atom stereocenters. The lowest BCUT2D eigenvalue weighted by Gasteiger charge is -2.40. The van der Waals surface area contributed by atoms with Crippen molar-refractivity contribution in [1.82, 2.24) is 5.32 Å². The molecule has 6 N–H and O–H groups in total. The van der Waals surface area contributed by atoms with Gasteiger partial charge in [0.1, 0.15) is 24.4 Å². The molecule has 0 aliphatic carbocycles. The number of rotatable bonds is 46. The number of ether oxygens (including phenoxy) is 2. The topological polar surface area (TPSA) is 149 Å². The molecule has 376 valence electrons. The van der Waals surface area contributed by atoms with Gasteiger partial charge in [0.15, 0.2) is 6.29 Å². The first-order valence-corrected chi connectivity index (χ1v) is 27.2. The van der Waals surface area contributed by atoms with Gasteiger partial charge in [0.2, 0.25) is 5.91 Å². The number of carbonyl (C=O) groups excluding carboxylic acids is 1. The van der Waals surface area contributed by atoms with Gasteiger partial charge in [-0.2, -0.15) is 0 Å². The number of carbonyl (C=O) groups is 1. The van der Waals surface area contributed by atoms with Crippen molar-refractivity contribution in [2.24, 2.45) is 0 Å². The lowest BCUT2D eigenvalue weighted by atomic mass is 9.99. The minimum Gasteiger partial charge on any atom is -0.394 e. The fourth-order valence-electron chi connectivity index (χ4n) is 8.71. The second kappa shape index (κ2) is 45.2. The van der Waals surface area contributed by atoms with E-state index >= 15 is 0 Å². The summed E-state index contributed by atoms with van der Waals surface area (Å²) in [7, 11) is 0. The van der Waals surface area contributed by atoms with Crippen LogP contribution in [0.5, 0.6) is 0 Å². The molecule has 1 aliphatic heterocycles. The average molecular weight is 906 g/mol. The van der Waals surface area contributed by atoms with E-state index in [2.05, 4.69) is 55.6 Å². The molecule has 9 nitrogen and oxygen atoms in total. The highest BCUT2D eigenvalue weighted by Gasteiger charge is 2.44. The molecule has 0 saturated carbocycles. The van der Waals surface area contributed by atoms with Gasteiger partial charge in [-0.05, 0) is 44.9 Å². The standard InChI is InChI=1S/C55H103NO8/c1-3-5-7-9-11-13-15-17-19-20-21-22-23-24-25-26-27-28-29-31-32-34-36-38-40-42-44-49(58)48(47-63-55-54(62)53(61)52(60)50(46-57)64-55)56-51(59)45-43-41-39-37-35-33-30-18-16-14-12-10-8-6-4-2/h6,8,12,14,18,30,48-50,52-55,57-58,60-62H,3-5,7,9-11,13,15-17,19-29,31-47H2,1-2H3,(H,56,59)/b8-6-,14-12-,30-18-. The minimum atomic E-state index is -1.56. The summed E-state index contributed by atoms with van der Waals surface area (Å²) in [6, 6.07) is -0.728. The molecular formula is C55H103NO8. The van der Waals surface area contributed by atoms with E-state index in [4.69, 9.17) is 9.47 Å². The Labute approximate surface area is 393 Å². The second-order valence-electron chi connectivity index (χ2n) is 19.0. The van der Waals surface area contributed by atoms with Crippen LogP contribution in [0.3, 0.4) is 0 Å². The fourth-order valence-corrected chi connectivity index (χ4v) is 8.71. The summed E-state index contributed by atoms with van der Waals surface area (Å²) in [5.74, 6) is -0.160. The van der Waals surface area contributed by atoms with Crippen LogP contribution in [0.2, 0.25) is 0 Å². The number of amides is 1. The third-order valence-corrected chi connectivity index (χ3v) is 13.0. The van der Waals surface area contributed by atoms with Crippen LogP contribution >= 0.6 is 0 Å². The van der Waals surface area contributed by atoms with Gasteiger partial charge >= 0.3 is 0 Å². The quantitative estimate of drug-likeness (QED) is 0.0261. The summed E-state index contributed by atoms with van der Waals surface area (Å²) in [5, 5.41) is 54.6. The second-order valence-corrected chi connectivity index (χ2v) is 19.0. The van der Waals surface area contributed by atoms with E-state index in [0.717, 1.165) is 77.0 Å². The van der Waals surface area contributed by atoms with Crippen molar-refractivity contribution in [3.05, 3.63) is 36.5 Å². The molecule has 7 atom stereocenters. The highest BCUT2D eigenvalue weighted by atomic mass is 16.7. The number of aliphatic hydroxyl groups is 5. The van der Waals surface area contributed by atoms with E-state index in [-0.39, 0.29) is 12.5 Å². The monoisotopic (exact) mass is 906 g/mol. The van der Waals surface area contributed by atoms with Gasteiger partial charge in [-0.3, -0.25) is 4.79 Å². The van der Waals surface area contributed by atoms with E-state index in [0.29, 0.717) is 12.8 Å². The molecule has 0 aromatic carbocycles.